The molecule has 0 spiro atoms. The van der Waals surface area contributed by atoms with Gasteiger partial charge in [-0.15, -0.1) is 0 Å². The molecule has 1 saturated heterocycles. The van der Waals surface area contributed by atoms with Gasteiger partial charge in [0.15, 0.2) is 0 Å². The van der Waals surface area contributed by atoms with Crippen molar-refractivity contribution in [2.45, 2.75) is 36.5 Å². The number of likely N-dealkylation sites (tertiary alicyclic amines) is 1. The molecule has 0 radical (unpaired) electrons. The summed E-state index contributed by atoms with van der Waals surface area (Å²) in [5.74, 6) is 0.194. The lowest BCUT2D eigenvalue weighted by Gasteiger charge is -2.24. The molecule has 1 amide bonds. The number of halogens is 3. The summed E-state index contributed by atoms with van der Waals surface area (Å²) in [6.45, 7) is 0.733. The van der Waals surface area contributed by atoms with Gasteiger partial charge in [0.1, 0.15) is 0 Å². The monoisotopic (exact) mass is 380 g/mol. The zero-order chi connectivity index (χ0) is 18.6. The first-order valence-electron chi connectivity index (χ1n) is 8.43. The van der Waals surface area contributed by atoms with Gasteiger partial charge in [0.25, 0.3) is 0 Å². The van der Waals surface area contributed by atoms with Gasteiger partial charge in [-0.2, -0.15) is 13.2 Å². The second-order valence-corrected chi connectivity index (χ2v) is 7.24. The SMILES string of the molecule is O=C(CSc1ccc(C(F)(F)F)cn1)N1CCCC1Cc1ccccc1. The molecular formula is C19H19F3N2OS. The lowest BCUT2D eigenvalue weighted by Crippen LogP contribution is -2.37. The Morgan fingerprint density at radius 2 is 1.96 bits per heavy atom. The van der Waals surface area contributed by atoms with Crippen LogP contribution in [0.4, 0.5) is 13.2 Å². The molecule has 0 N–H and O–H groups in total. The number of rotatable bonds is 5. The molecule has 0 aliphatic carbocycles. The van der Waals surface area contributed by atoms with Crippen molar-refractivity contribution in [1.82, 2.24) is 9.88 Å². The lowest BCUT2D eigenvalue weighted by molar-refractivity contribution is -0.138. The fraction of sp³-hybridized carbons (Fsp3) is 0.368. The van der Waals surface area contributed by atoms with Gasteiger partial charge < -0.3 is 4.90 Å². The predicted molar refractivity (Wildman–Crippen MR) is 94.8 cm³/mol. The number of alkyl halides is 3. The number of thioether (sulfide) groups is 1. The van der Waals surface area contributed by atoms with Gasteiger partial charge in [0.2, 0.25) is 5.91 Å². The average Bonchev–Trinajstić information content (AvgIpc) is 3.08. The van der Waals surface area contributed by atoms with Crippen LogP contribution in [0.15, 0.2) is 53.7 Å². The van der Waals surface area contributed by atoms with Gasteiger partial charge >= 0.3 is 6.18 Å². The molecule has 1 aliphatic rings. The number of hydrogen-bond acceptors (Lipinski definition) is 3. The molecule has 1 unspecified atom stereocenters. The van der Waals surface area contributed by atoms with E-state index in [0.717, 1.165) is 38.1 Å². The Bertz CT molecular complexity index is 735. The van der Waals surface area contributed by atoms with Gasteiger partial charge in [0, 0.05) is 18.8 Å². The molecule has 7 heteroatoms. The maximum absolute atomic E-state index is 12.6. The molecule has 3 rings (SSSR count). The van der Waals surface area contributed by atoms with E-state index >= 15 is 0 Å². The van der Waals surface area contributed by atoms with E-state index in [1.165, 1.54) is 23.4 Å². The third kappa shape index (κ3) is 4.78. The number of aromatic nitrogens is 1. The van der Waals surface area contributed by atoms with Crippen molar-refractivity contribution in [1.29, 1.82) is 0 Å². The Balaban J connectivity index is 1.55. The number of hydrogen-bond donors (Lipinski definition) is 0. The Kier molecular flexibility index (Phi) is 5.86. The number of carbonyl (C=O) groups excluding carboxylic acids is 1. The van der Waals surface area contributed by atoms with Gasteiger partial charge in [0.05, 0.1) is 16.3 Å². The number of pyridine rings is 1. The summed E-state index contributed by atoms with van der Waals surface area (Å²) in [7, 11) is 0. The molecule has 1 aromatic carbocycles. The Hall–Kier alpha value is -2.02. The number of carbonyl (C=O) groups is 1. The highest BCUT2D eigenvalue weighted by Gasteiger charge is 2.31. The van der Waals surface area contributed by atoms with E-state index < -0.39 is 11.7 Å². The molecule has 1 atom stereocenters. The molecule has 1 aromatic heterocycles. The molecule has 0 saturated carbocycles. The molecule has 3 nitrogen and oxygen atoms in total. The van der Waals surface area contributed by atoms with E-state index in [9.17, 15) is 18.0 Å². The standard InChI is InChI=1S/C19H19F3N2OS/c20-19(21,22)15-8-9-17(23-12-15)26-13-18(25)24-10-4-7-16(24)11-14-5-2-1-3-6-14/h1-3,5-6,8-9,12,16H,4,7,10-11,13H2. The highest BCUT2D eigenvalue weighted by molar-refractivity contribution is 7.99. The highest BCUT2D eigenvalue weighted by Crippen LogP contribution is 2.30. The fourth-order valence-corrected chi connectivity index (χ4v) is 3.84. The van der Waals surface area contributed by atoms with Crippen molar-refractivity contribution in [3.8, 4) is 0 Å². The van der Waals surface area contributed by atoms with Crippen molar-refractivity contribution < 1.29 is 18.0 Å². The van der Waals surface area contributed by atoms with Crippen LogP contribution >= 0.6 is 11.8 Å². The first-order valence-corrected chi connectivity index (χ1v) is 9.41. The van der Waals surface area contributed by atoms with Crippen LogP contribution in [0.25, 0.3) is 0 Å². The summed E-state index contributed by atoms with van der Waals surface area (Å²) < 4.78 is 37.7. The minimum absolute atomic E-state index is 0.00938. The first kappa shape index (κ1) is 18.8. The summed E-state index contributed by atoms with van der Waals surface area (Å²) in [5, 5.41) is 0.421. The maximum Gasteiger partial charge on any atom is 0.417 e. The second kappa shape index (κ2) is 8.12. The fourth-order valence-electron chi connectivity index (χ4n) is 3.11. The van der Waals surface area contributed by atoms with Crippen LogP contribution < -0.4 is 0 Å². The van der Waals surface area contributed by atoms with Crippen LogP contribution in [0.5, 0.6) is 0 Å². The van der Waals surface area contributed by atoms with Crippen LogP contribution in [0.2, 0.25) is 0 Å². The van der Waals surface area contributed by atoms with Crippen LogP contribution in [0, 0.1) is 0 Å². The van der Waals surface area contributed by atoms with Gasteiger partial charge in [-0.25, -0.2) is 4.98 Å². The third-order valence-electron chi connectivity index (χ3n) is 4.42. The van der Waals surface area contributed by atoms with Crippen molar-refractivity contribution >= 4 is 17.7 Å². The normalized spacial score (nSPS) is 17.5. The van der Waals surface area contributed by atoms with Gasteiger partial charge in [-0.1, -0.05) is 42.1 Å². The van der Waals surface area contributed by atoms with Crippen molar-refractivity contribution in [3.05, 3.63) is 59.8 Å². The average molecular weight is 380 g/mol. The van der Waals surface area contributed by atoms with Gasteiger partial charge in [-0.05, 0) is 37.0 Å². The molecular weight excluding hydrogens is 361 g/mol. The summed E-state index contributed by atoms with van der Waals surface area (Å²) >= 11 is 1.17. The highest BCUT2D eigenvalue weighted by atomic mass is 32.2. The van der Waals surface area contributed by atoms with E-state index in [1.807, 2.05) is 23.1 Å². The van der Waals surface area contributed by atoms with Crippen LogP contribution in [0.3, 0.4) is 0 Å². The summed E-state index contributed by atoms with van der Waals surface area (Å²) in [6.07, 6.45) is -0.806. The number of amides is 1. The van der Waals surface area contributed by atoms with E-state index in [4.69, 9.17) is 0 Å². The molecule has 26 heavy (non-hydrogen) atoms. The zero-order valence-electron chi connectivity index (χ0n) is 14.1. The van der Waals surface area contributed by atoms with E-state index in [-0.39, 0.29) is 17.7 Å². The number of nitrogens with zero attached hydrogens (tertiary/aromatic N) is 2. The van der Waals surface area contributed by atoms with Crippen LogP contribution in [-0.4, -0.2) is 34.1 Å². The van der Waals surface area contributed by atoms with Crippen molar-refractivity contribution in [2.24, 2.45) is 0 Å². The Morgan fingerprint density at radius 1 is 1.19 bits per heavy atom. The minimum Gasteiger partial charge on any atom is -0.339 e. The minimum atomic E-state index is -4.40. The summed E-state index contributed by atoms with van der Waals surface area (Å²) in [6, 6.07) is 12.6. The number of benzene rings is 1. The topological polar surface area (TPSA) is 33.2 Å². The molecule has 0 bridgehead atoms. The van der Waals surface area contributed by atoms with E-state index in [0.29, 0.717) is 5.03 Å². The van der Waals surface area contributed by atoms with Crippen molar-refractivity contribution in [2.75, 3.05) is 12.3 Å². The largest absolute Gasteiger partial charge is 0.417 e. The Morgan fingerprint density at radius 3 is 2.62 bits per heavy atom. The maximum atomic E-state index is 12.6. The molecule has 2 aromatic rings. The zero-order valence-corrected chi connectivity index (χ0v) is 14.9. The third-order valence-corrected chi connectivity index (χ3v) is 5.35. The summed E-state index contributed by atoms with van der Waals surface area (Å²) in [5.41, 5.74) is 0.421. The molecule has 2 heterocycles. The van der Waals surface area contributed by atoms with E-state index in [2.05, 4.69) is 17.1 Å². The smallest absolute Gasteiger partial charge is 0.339 e. The quantitative estimate of drug-likeness (QED) is 0.720. The molecule has 1 aliphatic heterocycles. The molecule has 1 fully saturated rings. The second-order valence-electron chi connectivity index (χ2n) is 6.24. The Labute approximate surface area is 154 Å². The lowest BCUT2D eigenvalue weighted by atomic mass is 10.0. The predicted octanol–water partition coefficient (Wildman–Crippen LogP) is 4.43. The summed E-state index contributed by atoms with van der Waals surface area (Å²) in [4.78, 5) is 18.2. The van der Waals surface area contributed by atoms with Gasteiger partial charge in [-0.3, -0.25) is 4.79 Å². The van der Waals surface area contributed by atoms with E-state index in [1.54, 1.807) is 0 Å². The van der Waals surface area contributed by atoms with Crippen LogP contribution in [0.1, 0.15) is 24.0 Å². The van der Waals surface area contributed by atoms with Crippen LogP contribution in [-0.2, 0) is 17.4 Å². The first-order chi connectivity index (χ1) is 12.4. The molecule has 138 valence electrons. The van der Waals surface area contributed by atoms with Crippen molar-refractivity contribution in [3.63, 3.8) is 0 Å².